The molecule has 1 unspecified atom stereocenters. The number of anilines is 1. The number of nitrogens with zero attached hydrogens (tertiary/aromatic N) is 2. The minimum atomic E-state index is 0.353. The molecule has 0 aliphatic rings. The summed E-state index contributed by atoms with van der Waals surface area (Å²) in [5, 5.41) is 3.32. The molecule has 1 N–H and O–H groups in total. The molecule has 1 atom stereocenters. The van der Waals surface area contributed by atoms with Crippen LogP contribution in [-0.4, -0.2) is 24.6 Å². The van der Waals surface area contributed by atoms with Crippen LogP contribution in [-0.2, 0) is 0 Å². The smallest absolute Gasteiger partial charge is 0.0574 e. The predicted molar refractivity (Wildman–Crippen MR) is 92.9 cm³/mol. The van der Waals surface area contributed by atoms with Gasteiger partial charge in [0.25, 0.3) is 0 Å². The summed E-state index contributed by atoms with van der Waals surface area (Å²) in [4.78, 5) is 7.23. The fourth-order valence-electron chi connectivity index (χ4n) is 2.92. The Morgan fingerprint density at radius 3 is 2.14 bits per heavy atom. The first-order valence-corrected chi connectivity index (χ1v) is 8.47. The van der Waals surface area contributed by atoms with Gasteiger partial charge in [0.1, 0.15) is 0 Å². The Bertz CT molecular complexity index is 378. The number of pyridine rings is 1. The molecule has 0 spiro atoms. The Kier molecular flexibility index (Phi) is 7.73. The van der Waals surface area contributed by atoms with Crippen molar-refractivity contribution >= 4 is 5.69 Å². The molecule has 0 aromatic carbocycles. The largest absolute Gasteiger partial charge is 0.367 e. The summed E-state index contributed by atoms with van der Waals surface area (Å²) in [5.41, 5.74) is 2.39. The molecule has 0 amide bonds. The lowest BCUT2D eigenvalue weighted by molar-refractivity contribution is 0.506. The van der Waals surface area contributed by atoms with Gasteiger partial charge in [-0.25, -0.2) is 0 Å². The molecular weight excluding hydrogens is 258 g/mol. The Labute approximate surface area is 131 Å². The molecule has 1 aromatic rings. The van der Waals surface area contributed by atoms with Crippen LogP contribution in [0.5, 0.6) is 0 Å². The van der Waals surface area contributed by atoms with Crippen molar-refractivity contribution in [1.82, 2.24) is 10.3 Å². The van der Waals surface area contributed by atoms with Gasteiger partial charge in [0.05, 0.1) is 17.6 Å². The van der Waals surface area contributed by atoms with E-state index in [2.05, 4.69) is 63.2 Å². The minimum absolute atomic E-state index is 0.353. The average Bonchev–Trinajstić information content (AvgIpc) is 2.49. The molecule has 0 aliphatic heterocycles. The average molecular weight is 291 g/mol. The molecule has 0 fully saturated rings. The molecule has 3 nitrogen and oxygen atoms in total. The highest BCUT2D eigenvalue weighted by Gasteiger charge is 2.18. The third-order valence-corrected chi connectivity index (χ3v) is 4.16. The second-order valence-electron chi connectivity index (χ2n) is 6.21. The van der Waals surface area contributed by atoms with Crippen LogP contribution in [0.25, 0.3) is 0 Å². The summed E-state index contributed by atoms with van der Waals surface area (Å²) < 4.78 is 0. The Morgan fingerprint density at radius 2 is 1.76 bits per heavy atom. The lowest BCUT2D eigenvalue weighted by Gasteiger charge is -2.34. The zero-order valence-corrected chi connectivity index (χ0v) is 14.7. The molecule has 0 saturated heterocycles. The van der Waals surface area contributed by atoms with Crippen molar-refractivity contribution in [3.8, 4) is 0 Å². The van der Waals surface area contributed by atoms with Crippen molar-refractivity contribution in [3.05, 3.63) is 24.0 Å². The fourth-order valence-corrected chi connectivity index (χ4v) is 2.92. The van der Waals surface area contributed by atoms with Crippen LogP contribution in [0, 0.1) is 5.92 Å². The Hall–Kier alpha value is -1.09. The van der Waals surface area contributed by atoms with Crippen LogP contribution in [0.15, 0.2) is 18.3 Å². The summed E-state index contributed by atoms with van der Waals surface area (Å²) in [7, 11) is 2.00. The number of aromatic nitrogens is 1. The van der Waals surface area contributed by atoms with Gasteiger partial charge in [-0.3, -0.25) is 4.98 Å². The second kappa shape index (κ2) is 9.04. The Balaban J connectivity index is 2.97. The van der Waals surface area contributed by atoms with Crippen molar-refractivity contribution < 1.29 is 0 Å². The van der Waals surface area contributed by atoms with Gasteiger partial charge in [-0.05, 0) is 44.4 Å². The van der Waals surface area contributed by atoms with Crippen molar-refractivity contribution in [2.24, 2.45) is 5.92 Å². The van der Waals surface area contributed by atoms with Crippen LogP contribution in [0.4, 0.5) is 5.69 Å². The van der Waals surface area contributed by atoms with Crippen molar-refractivity contribution in [1.29, 1.82) is 0 Å². The SMILES string of the molecule is CCC(NC)c1ccc(N(CC(C)C)C(CC)CC)cn1. The van der Waals surface area contributed by atoms with E-state index in [1.807, 2.05) is 7.05 Å². The standard InChI is InChI=1S/C18H33N3/c1-7-15(8-2)21(13-14(4)5)16-10-11-18(20-12-16)17(9-3)19-6/h10-12,14-15,17,19H,7-9,13H2,1-6H3. The van der Waals surface area contributed by atoms with Crippen molar-refractivity contribution in [2.75, 3.05) is 18.5 Å². The normalized spacial score (nSPS) is 13.0. The Morgan fingerprint density at radius 1 is 1.10 bits per heavy atom. The molecule has 3 heteroatoms. The molecule has 1 heterocycles. The summed E-state index contributed by atoms with van der Waals surface area (Å²) in [6.07, 6.45) is 5.47. The molecule has 120 valence electrons. The van der Waals surface area contributed by atoms with Crippen LogP contribution in [0.3, 0.4) is 0 Å². The maximum atomic E-state index is 4.70. The first-order valence-electron chi connectivity index (χ1n) is 8.47. The van der Waals surface area contributed by atoms with Crippen LogP contribution >= 0.6 is 0 Å². The number of hydrogen-bond donors (Lipinski definition) is 1. The monoisotopic (exact) mass is 291 g/mol. The molecule has 1 rings (SSSR count). The quantitative estimate of drug-likeness (QED) is 0.731. The lowest BCUT2D eigenvalue weighted by Crippen LogP contribution is -2.37. The molecule has 0 bridgehead atoms. The second-order valence-corrected chi connectivity index (χ2v) is 6.21. The lowest BCUT2D eigenvalue weighted by atomic mass is 10.1. The van der Waals surface area contributed by atoms with Crippen LogP contribution < -0.4 is 10.2 Å². The minimum Gasteiger partial charge on any atom is -0.367 e. The molecule has 0 radical (unpaired) electrons. The summed E-state index contributed by atoms with van der Waals surface area (Å²) in [6, 6.07) is 5.37. The van der Waals surface area contributed by atoms with E-state index in [1.165, 1.54) is 18.5 Å². The van der Waals surface area contributed by atoms with E-state index in [0.29, 0.717) is 18.0 Å². The van der Waals surface area contributed by atoms with Crippen molar-refractivity contribution in [2.45, 2.75) is 66.0 Å². The third-order valence-electron chi connectivity index (χ3n) is 4.16. The van der Waals surface area contributed by atoms with Crippen LogP contribution in [0.2, 0.25) is 0 Å². The van der Waals surface area contributed by atoms with Crippen molar-refractivity contribution in [3.63, 3.8) is 0 Å². The number of hydrogen-bond acceptors (Lipinski definition) is 3. The first-order chi connectivity index (χ1) is 10.1. The number of nitrogens with one attached hydrogen (secondary N) is 1. The predicted octanol–water partition coefficient (Wildman–Crippen LogP) is 4.40. The maximum absolute atomic E-state index is 4.70. The molecular formula is C18H33N3. The fraction of sp³-hybridized carbons (Fsp3) is 0.722. The highest BCUT2D eigenvalue weighted by Crippen LogP contribution is 2.23. The van der Waals surface area contributed by atoms with E-state index >= 15 is 0 Å². The van der Waals surface area contributed by atoms with E-state index in [9.17, 15) is 0 Å². The molecule has 21 heavy (non-hydrogen) atoms. The van der Waals surface area contributed by atoms with Gasteiger partial charge >= 0.3 is 0 Å². The highest BCUT2D eigenvalue weighted by atomic mass is 15.2. The van der Waals surface area contributed by atoms with Crippen LogP contribution in [0.1, 0.15) is 65.6 Å². The summed E-state index contributed by atoms with van der Waals surface area (Å²) >= 11 is 0. The van der Waals surface area contributed by atoms with Gasteiger partial charge in [-0.15, -0.1) is 0 Å². The maximum Gasteiger partial charge on any atom is 0.0574 e. The molecule has 1 aromatic heterocycles. The van der Waals surface area contributed by atoms with Gasteiger partial charge in [0.2, 0.25) is 0 Å². The topological polar surface area (TPSA) is 28.2 Å². The van der Waals surface area contributed by atoms with Gasteiger partial charge < -0.3 is 10.2 Å². The third kappa shape index (κ3) is 4.99. The first kappa shape index (κ1) is 18.0. The van der Waals surface area contributed by atoms with E-state index in [1.54, 1.807) is 0 Å². The molecule has 0 aliphatic carbocycles. The molecule has 0 saturated carbocycles. The van der Waals surface area contributed by atoms with Gasteiger partial charge in [-0.2, -0.15) is 0 Å². The summed E-state index contributed by atoms with van der Waals surface area (Å²) in [6.45, 7) is 12.4. The van der Waals surface area contributed by atoms with E-state index in [4.69, 9.17) is 4.98 Å². The van der Waals surface area contributed by atoms with E-state index < -0.39 is 0 Å². The van der Waals surface area contributed by atoms with Gasteiger partial charge in [0, 0.05) is 18.6 Å². The summed E-state index contributed by atoms with van der Waals surface area (Å²) in [5.74, 6) is 0.658. The van der Waals surface area contributed by atoms with Gasteiger partial charge in [-0.1, -0.05) is 34.6 Å². The van der Waals surface area contributed by atoms with E-state index in [-0.39, 0.29) is 0 Å². The zero-order valence-electron chi connectivity index (χ0n) is 14.7. The zero-order chi connectivity index (χ0) is 15.8. The highest BCUT2D eigenvalue weighted by molar-refractivity contribution is 5.46. The van der Waals surface area contributed by atoms with E-state index in [0.717, 1.165) is 18.7 Å². The van der Waals surface area contributed by atoms with Gasteiger partial charge in [0.15, 0.2) is 0 Å². The number of rotatable bonds is 9.